The molecule has 1 rings (SSSR count). The van der Waals surface area contributed by atoms with E-state index in [0.29, 0.717) is 6.42 Å². The lowest BCUT2D eigenvalue weighted by atomic mass is 10.2. The van der Waals surface area contributed by atoms with Gasteiger partial charge >= 0.3 is 0 Å². The van der Waals surface area contributed by atoms with Crippen molar-refractivity contribution in [2.24, 2.45) is 0 Å². The summed E-state index contributed by atoms with van der Waals surface area (Å²) in [7, 11) is 0. The molecule has 1 heterocycles. The monoisotopic (exact) mass is 138 g/mol. The first-order chi connectivity index (χ1) is 4.79. The Labute approximate surface area is 59.8 Å². The quantitative estimate of drug-likeness (QED) is 0.643. The van der Waals surface area contributed by atoms with Gasteiger partial charge < -0.3 is 5.11 Å². The van der Waals surface area contributed by atoms with E-state index >= 15 is 0 Å². The second-order valence-electron chi connectivity index (χ2n) is 2.30. The fourth-order valence-electron chi connectivity index (χ4n) is 0.776. The van der Waals surface area contributed by atoms with Crippen molar-refractivity contribution in [1.82, 2.24) is 9.97 Å². The molecule has 1 N–H and O–H groups in total. The van der Waals surface area contributed by atoms with Crippen LogP contribution in [0.1, 0.15) is 12.5 Å². The van der Waals surface area contributed by atoms with E-state index in [1.54, 1.807) is 19.3 Å². The Morgan fingerprint density at radius 2 is 2.10 bits per heavy atom. The zero-order valence-corrected chi connectivity index (χ0v) is 5.86. The molecular formula is C7H10N2O. The number of rotatable bonds is 2. The fraction of sp³-hybridized carbons (Fsp3) is 0.429. The van der Waals surface area contributed by atoms with Crippen LogP contribution in [0.25, 0.3) is 0 Å². The van der Waals surface area contributed by atoms with Crippen molar-refractivity contribution in [2.75, 3.05) is 0 Å². The molecule has 1 aromatic heterocycles. The van der Waals surface area contributed by atoms with Gasteiger partial charge in [-0.1, -0.05) is 0 Å². The van der Waals surface area contributed by atoms with Crippen molar-refractivity contribution in [3.63, 3.8) is 0 Å². The number of nitrogens with zero attached hydrogens (tertiary/aromatic N) is 2. The van der Waals surface area contributed by atoms with E-state index in [-0.39, 0.29) is 6.10 Å². The van der Waals surface area contributed by atoms with Crippen LogP contribution in [0, 0.1) is 0 Å². The Bertz CT molecular complexity index is 186. The molecular weight excluding hydrogens is 128 g/mol. The van der Waals surface area contributed by atoms with Gasteiger partial charge in [-0.2, -0.15) is 0 Å². The third kappa shape index (κ3) is 2.11. The Morgan fingerprint density at radius 3 is 2.60 bits per heavy atom. The van der Waals surface area contributed by atoms with E-state index in [4.69, 9.17) is 5.11 Å². The number of aliphatic hydroxyl groups excluding tert-OH is 1. The molecule has 0 aliphatic rings. The molecule has 0 spiro atoms. The zero-order valence-electron chi connectivity index (χ0n) is 5.86. The maximum absolute atomic E-state index is 8.95. The smallest absolute Gasteiger partial charge is 0.115 e. The van der Waals surface area contributed by atoms with E-state index < -0.39 is 0 Å². The van der Waals surface area contributed by atoms with Gasteiger partial charge in [-0.3, -0.25) is 0 Å². The molecule has 3 nitrogen and oxygen atoms in total. The molecule has 54 valence electrons. The zero-order chi connectivity index (χ0) is 7.40. The first-order valence-corrected chi connectivity index (χ1v) is 3.21. The van der Waals surface area contributed by atoms with Gasteiger partial charge in [0.05, 0.1) is 6.10 Å². The fourth-order valence-corrected chi connectivity index (χ4v) is 0.776. The van der Waals surface area contributed by atoms with Crippen LogP contribution in [-0.2, 0) is 6.42 Å². The predicted molar refractivity (Wildman–Crippen MR) is 37.4 cm³/mol. The lowest BCUT2D eigenvalue weighted by Gasteiger charge is -2.00. The van der Waals surface area contributed by atoms with Gasteiger partial charge in [-0.25, -0.2) is 9.97 Å². The second-order valence-corrected chi connectivity index (χ2v) is 2.30. The van der Waals surface area contributed by atoms with Crippen molar-refractivity contribution in [2.45, 2.75) is 19.4 Å². The molecule has 0 fully saturated rings. The van der Waals surface area contributed by atoms with Crippen LogP contribution in [0.3, 0.4) is 0 Å². The van der Waals surface area contributed by atoms with Crippen LogP contribution in [0.5, 0.6) is 0 Å². The Morgan fingerprint density at radius 1 is 1.50 bits per heavy atom. The van der Waals surface area contributed by atoms with Crippen molar-refractivity contribution in [3.8, 4) is 0 Å². The number of hydrogen-bond acceptors (Lipinski definition) is 3. The minimum Gasteiger partial charge on any atom is -0.393 e. The van der Waals surface area contributed by atoms with Crippen LogP contribution in [0.2, 0.25) is 0 Å². The summed E-state index contributed by atoms with van der Waals surface area (Å²) in [5.74, 6) is 0. The molecule has 0 saturated carbocycles. The van der Waals surface area contributed by atoms with Crippen molar-refractivity contribution in [1.29, 1.82) is 0 Å². The van der Waals surface area contributed by atoms with Crippen LogP contribution >= 0.6 is 0 Å². The minimum absolute atomic E-state index is 0.314. The van der Waals surface area contributed by atoms with Crippen molar-refractivity contribution < 1.29 is 5.11 Å². The van der Waals surface area contributed by atoms with E-state index in [9.17, 15) is 0 Å². The van der Waals surface area contributed by atoms with E-state index in [2.05, 4.69) is 9.97 Å². The summed E-state index contributed by atoms with van der Waals surface area (Å²) in [4.78, 5) is 7.63. The van der Waals surface area contributed by atoms with Crippen molar-refractivity contribution >= 4 is 0 Å². The predicted octanol–water partition coefficient (Wildman–Crippen LogP) is 0.400. The molecule has 0 saturated heterocycles. The number of hydrogen-bond donors (Lipinski definition) is 1. The molecule has 3 heteroatoms. The van der Waals surface area contributed by atoms with Gasteiger partial charge in [-0.15, -0.1) is 0 Å². The minimum atomic E-state index is -0.314. The van der Waals surface area contributed by atoms with Gasteiger partial charge in [0.1, 0.15) is 6.33 Å². The lowest BCUT2D eigenvalue weighted by Crippen LogP contribution is -2.04. The summed E-state index contributed by atoms with van der Waals surface area (Å²) in [5.41, 5.74) is 0.970. The summed E-state index contributed by atoms with van der Waals surface area (Å²) >= 11 is 0. The topological polar surface area (TPSA) is 46.0 Å². The van der Waals surface area contributed by atoms with Crippen LogP contribution in [0.15, 0.2) is 18.7 Å². The normalized spacial score (nSPS) is 13.0. The molecule has 0 amide bonds. The molecule has 0 bridgehead atoms. The van der Waals surface area contributed by atoms with Gasteiger partial charge in [0, 0.05) is 18.8 Å². The second kappa shape index (κ2) is 3.27. The van der Waals surface area contributed by atoms with Gasteiger partial charge in [0.25, 0.3) is 0 Å². The van der Waals surface area contributed by atoms with Crippen LogP contribution < -0.4 is 0 Å². The molecule has 0 aromatic carbocycles. The molecule has 0 radical (unpaired) electrons. The standard InChI is InChI=1S/C7H10N2O/c1-6(10)2-7-3-8-5-9-4-7/h3-6,10H,2H2,1H3. The maximum atomic E-state index is 8.95. The summed E-state index contributed by atoms with van der Waals surface area (Å²) in [5, 5.41) is 8.95. The maximum Gasteiger partial charge on any atom is 0.115 e. The highest BCUT2D eigenvalue weighted by Gasteiger charge is 1.97. The Hall–Kier alpha value is -0.960. The molecule has 1 aromatic rings. The average molecular weight is 138 g/mol. The Kier molecular flexibility index (Phi) is 2.34. The summed E-state index contributed by atoms with van der Waals surface area (Å²) < 4.78 is 0. The molecule has 0 aliphatic heterocycles. The van der Waals surface area contributed by atoms with Crippen LogP contribution in [0.4, 0.5) is 0 Å². The average Bonchev–Trinajstić information content (AvgIpc) is 1.88. The van der Waals surface area contributed by atoms with E-state index in [1.165, 1.54) is 6.33 Å². The van der Waals surface area contributed by atoms with E-state index in [1.807, 2.05) is 0 Å². The number of aromatic nitrogens is 2. The summed E-state index contributed by atoms with van der Waals surface area (Å²) in [6.45, 7) is 1.74. The third-order valence-corrected chi connectivity index (χ3v) is 1.15. The first-order valence-electron chi connectivity index (χ1n) is 3.21. The highest BCUT2D eigenvalue weighted by Crippen LogP contribution is 1.97. The molecule has 10 heavy (non-hydrogen) atoms. The van der Waals surface area contributed by atoms with Gasteiger partial charge in [0.15, 0.2) is 0 Å². The highest BCUT2D eigenvalue weighted by atomic mass is 16.3. The van der Waals surface area contributed by atoms with Crippen molar-refractivity contribution in [3.05, 3.63) is 24.3 Å². The highest BCUT2D eigenvalue weighted by molar-refractivity contribution is 5.03. The molecule has 0 aliphatic carbocycles. The van der Waals surface area contributed by atoms with Gasteiger partial charge in [-0.05, 0) is 12.5 Å². The Balaban J connectivity index is 2.59. The third-order valence-electron chi connectivity index (χ3n) is 1.15. The molecule has 1 atom stereocenters. The number of aliphatic hydroxyl groups is 1. The van der Waals surface area contributed by atoms with Crippen LogP contribution in [-0.4, -0.2) is 21.2 Å². The largest absolute Gasteiger partial charge is 0.393 e. The first kappa shape index (κ1) is 7.15. The lowest BCUT2D eigenvalue weighted by molar-refractivity contribution is 0.195. The summed E-state index contributed by atoms with van der Waals surface area (Å²) in [6, 6.07) is 0. The van der Waals surface area contributed by atoms with E-state index in [0.717, 1.165) is 5.56 Å². The molecule has 1 unspecified atom stereocenters. The SMILES string of the molecule is CC(O)Cc1cncnc1. The summed E-state index contributed by atoms with van der Waals surface area (Å²) in [6.07, 6.45) is 5.21. The van der Waals surface area contributed by atoms with Gasteiger partial charge in [0.2, 0.25) is 0 Å².